The van der Waals surface area contributed by atoms with Crippen LogP contribution in [0.2, 0.25) is 24.7 Å². The molecule has 2 N–H and O–H groups in total. The molecule has 1 aromatic heterocycles. The Hall–Kier alpha value is -1.74. The molecule has 1 aliphatic rings. The lowest BCUT2D eigenvalue weighted by Gasteiger charge is -2.18. The first kappa shape index (κ1) is 19.0. The van der Waals surface area contributed by atoms with E-state index in [4.69, 9.17) is 16.3 Å². The van der Waals surface area contributed by atoms with Crippen molar-refractivity contribution in [3.8, 4) is 5.69 Å². The van der Waals surface area contributed by atoms with Crippen molar-refractivity contribution < 1.29 is 14.6 Å². The fourth-order valence-corrected chi connectivity index (χ4v) is 4.00. The topological polar surface area (TPSA) is 89.3 Å². The Morgan fingerprint density at radius 2 is 2.08 bits per heavy atom. The van der Waals surface area contributed by atoms with Crippen LogP contribution < -0.4 is 10.6 Å². The average molecular weight is 395 g/mol. The molecule has 0 amide bonds. The SMILES string of the molecule is CC1(C)NC(c2ccc(Cl)c(-n3cc([Si](C)(C)C)nn3)c2)C(C(=O)O)O1. The van der Waals surface area contributed by atoms with Crippen LogP contribution in [0.15, 0.2) is 24.4 Å². The zero-order valence-corrected chi connectivity index (χ0v) is 17.2. The van der Waals surface area contributed by atoms with Crippen molar-refractivity contribution in [1.29, 1.82) is 0 Å². The summed E-state index contributed by atoms with van der Waals surface area (Å²) < 4.78 is 7.28. The van der Waals surface area contributed by atoms with Crippen LogP contribution in [0.4, 0.5) is 0 Å². The molecule has 26 heavy (non-hydrogen) atoms. The predicted molar refractivity (Wildman–Crippen MR) is 102 cm³/mol. The number of carboxylic acids is 1. The molecule has 0 radical (unpaired) electrons. The van der Waals surface area contributed by atoms with Gasteiger partial charge >= 0.3 is 5.97 Å². The van der Waals surface area contributed by atoms with Crippen molar-refractivity contribution >= 4 is 31.0 Å². The number of benzene rings is 1. The van der Waals surface area contributed by atoms with E-state index in [1.807, 2.05) is 12.3 Å². The normalized spacial score (nSPS) is 22.5. The Morgan fingerprint density at radius 3 is 2.65 bits per heavy atom. The maximum absolute atomic E-state index is 11.6. The van der Waals surface area contributed by atoms with E-state index < -0.39 is 31.9 Å². The van der Waals surface area contributed by atoms with E-state index in [-0.39, 0.29) is 0 Å². The second-order valence-corrected chi connectivity index (χ2v) is 13.4. The lowest BCUT2D eigenvalue weighted by Crippen LogP contribution is -2.38. The number of aliphatic carboxylic acids is 1. The largest absolute Gasteiger partial charge is 0.479 e. The van der Waals surface area contributed by atoms with E-state index in [1.165, 1.54) is 0 Å². The fraction of sp³-hybridized carbons (Fsp3) is 0.471. The van der Waals surface area contributed by atoms with E-state index in [1.54, 1.807) is 30.7 Å². The van der Waals surface area contributed by atoms with E-state index >= 15 is 0 Å². The third-order valence-electron chi connectivity index (χ3n) is 4.31. The van der Waals surface area contributed by atoms with Crippen molar-refractivity contribution in [3.05, 3.63) is 35.0 Å². The molecular weight excluding hydrogens is 372 g/mol. The summed E-state index contributed by atoms with van der Waals surface area (Å²) in [4.78, 5) is 11.6. The maximum Gasteiger partial charge on any atom is 0.334 e. The van der Waals surface area contributed by atoms with Crippen LogP contribution >= 0.6 is 11.6 Å². The van der Waals surface area contributed by atoms with Crippen LogP contribution in [-0.2, 0) is 9.53 Å². The molecule has 2 heterocycles. The van der Waals surface area contributed by atoms with Crippen LogP contribution in [0.5, 0.6) is 0 Å². The zero-order valence-electron chi connectivity index (χ0n) is 15.4. The van der Waals surface area contributed by atoms with Crippen LogP contribution in [0.1, 0.15) is 25.5 Å². The Labute approximate surface area is 158 Å². The molecule has 0 aliphatic carbocycles. The molecule has 2 unspecified atom stereocenters. The molecular formula is C17H23ClN4O3Si. The number of carboxylic acid groups (broad SMARTS) is 1. The molecule has 7 nitrogen and oxygen atoms in total. The molecule has 2 atom stereocenters. The lowest BCUT2D eigenvalue weighted by molar-refractivity contribution is -0.153. The first-order valence-electron chi connectivity index (χ1n) is 8.39. The summed E-state index contributed by atoms with van der Waals surface area (Å²) in [5.74, 6) is -1.01. The fourth-order valence-electron chi connectivity index (χ4n) is 2.94. The van der Waals surface area contributed by atoms with Gasteiger partial charge in [0.25, 0.3) is 0 Å². The number of carbonyl (C=O) groups is 1. The third kappa shape index (κ3) is 3.68. The standard InChI is InChI=1S/C17H23ClN4O3Si/c1-17(2)19-14(15(25-17)16(23)24)10-6-7-11(18)12(8-10)22-9-13(20-21-22)26(3,4)5/h6-9,14-15,19H,1-5H3,(H,23,24). The van der Waals surface area contributed by atoms with Gasteiger partial charge in [-0.05, 0) is 31.5 Å². The summed E-state index contributed by atoms with van der Waals surface area (Å²) in [6.45, 7) is 10.2. The number of ether oxygens (including phenoxy) is 1. The maximum atomic E-state index is 11.6. The van der Waals surface area contributed by atoms with Crippen molar-refractivity contribution in [1.82, 2.24) is 20.3 Å². The van der Waals surface area contributed by atoms with Crippen molar-refractivity contribution in [2.75, 3.05) is 0 Å². The number of hydrogen-bond donors (Lipinski definition) is 2. The molecule has 1 aliphatic heterocycles. The minimum Gasteiger partial charge on any atom is -0.479 e. The quantitative estimate of drug-likeness (QED) is 0.773. The third-order valence-corrected chi connectivity index (χ3v) is 6.39. The Balaban J connectivity index is 2.00. The second kappa shape index (κ2) is 6.45. The lowest BCUT2D eigenvalue weighted by atomic mass is 10.0. The molecule has 0 bridgehead atoms. The van der Waals surface area contributed by atoms with Gasteiger partial charge in [-0.25, -0.2) is 9.48 Å². The van der Waals surface area contributed by atoms with Gasteiger partial charge in [0.15, 0.2) is 6.10 Å². The molecule has 140 valence electrons. The van der Waals surface area contributed by atoms with Gasteiger partial charge < -0.3 is 9.84 Å². The second-order valence-electron chi connectivity index (χ2n) is 8.02. The molecule has 1 fully saturated rings. The minimum atomic E-state index is -1.59. The summed E-state index contributed by atoms with van der Waals surface area (Å²) in [5, 5.41) is 22.7. The molecule has 9 heteroatoms. The van der Waals surface area contributed by atoms with Gasteiger partial charge in [-0.15, -0.1) is 5.10 Å². The molecule has 1 saturated heterocycles. The summed E-state index contributed by atoms with van der Waals surface area (Å²) in [6.07, 6.45) is 0.918. The number of nitrogens with one attached hydrogen (secondary N) is 1. The average Bonchev–Trinajstić information content (AvgIpc) is 3.12. The van der Waals surface area contributed by atoms with Gasteiger partial charge in [0.1, 0.15) is 13.8 Å². The molecule has 0 saturated carbocycles. The molecule has 0 spiro atoms. The van der Waals surface area contributed by atoms with E-state index in [9.17, 15) is 9.90 Å². The van der Waals surface area contributed by atoms with Gasteiger partial charge in [0, 0.05) is 6.20 Å². The van der Waals surface area contributed by atoms with Crippen LogP contribution in [0.3, 0.4) is 0 Å². The first-order chi connectivity index (χ1) is 12.0. The smallest absolute Gasteiger partial charge is 0.334 e. The van der Waals surface area contributed by atoms with Crippen LogP contribution in [-0.4, -0.2) is 46.0 Å². The Bertz CT molecular complexity index is 847. The highest BCUT2D eigenvalue weighted by atomic mass is 35.5. The summed E-state index contributed by atoms with van der Waals surface area (Å²) in [6, 6.07) is 4.90. The molecule has 3 rings (SSSR count). The van der Waals surface area contributed by atoms with Crippen molar-refractivity contribution in [3.63, 3.8) is 0 Å². The summed E-state index contributed by atoms with van der Waals surface area (Å²) >= 11 is 6.37. The van der Waals surface area contributed by atoms with Crippen molar-refractivity contribution in [2.45, 2.75) is 51.4 Å². The van der Waals surface area contributed by atoms with Crippen molar-refractivity contribution in [2.24, 2.45) is 0 Å². The van der Waals surface area contributed by atoms with Gasteiger partial charge in [-0.2, -0.15) is 0 Å². The summed E-state index contributed by atoms with van der Waals surface area (Å²) in [5.41, 5.74) is 0.704. The predicted octanol–water partition coefficient (Wildman–Crippen LogP) is 2.32. The first-order valence-corrected chi connectivity index (χ1v) is 12.3. The Morgan fingerprint density at radius 1 is 1.38 bits per heavy atom. The number of hydrogen-bond acceptors (Lipinski definition) is 5. The number of halogens is 1. The Kier molecular flexibility index (Phi) is 4.72. The van der Waals surface area contributed by atoms with E-state index in [0.717, 1.165) is 10.9 Å². The number of nitrogens with zero attached hydrogens (tertiary/aromatic N) is 3. The monoisotopic (exact) mass is 394 g/mol. The van der Waals surface area contributed by atoms with E-state index in [0.29, 0.717) is 10.7 Å². The number of aromatic nitrogens is 3. The van der Waals surface area contributed by atoms with Gasteiger partial charge in [0.05, 0.1) is 22.1 Å². The van der Waals surface area contributed by atoms with Crippen LogP contribution in [0, 0.1) is 0 Å². The summed E-state index contributed by atoms with van der Waals surface area (Å²) in [7, 11) is -1.59. The molecule has 2 aromatic rings. The van der Waals surface area contributed by atoms with Gasteiger partial charge in [-0.1, -0.05) is 42.5 Å². The highest BCUT2D eigenvalue weighted by Crippen LogP contribution is 2.34. The van der Waals surface area contributed by atoms with E-state index in [2.05, 4.69) is 35.3 Å². The minimum absolute atomic E-state index is 0.488. The molecule has 1 aromatic carbocycles. The highest BCUT2D eigenvalue weighted by Gasteiger charge is 2.44. The van der Waals surface area contributed by atoms with Gasteiger partial charge in [-0.3, -0.25) is 5.32 Å². The number of rotatable bonds is 4. The van der Waals surface area contributed by atoms with Gasteiger partial charge in [0.2, 0.25) is 0 Å². The highest BCUT2D eigenvalue weighted by molar-refractivity contribution is 6.88. The zero-order chi connectivity index (χ0) is 19.3. The van der Waals surface area contributed by atoms with Crippen LogP contribution in [0.25, 0.3) is 5.69 Å².